The van der Waals surface area contributed by atoms with Gasteiger partial charge in [-0.3, -0.25) is 15.0 Å². The molecule has 1 heterocycles. The lowest BCUT2D eigenvalue weighted by atomic mass is 10.1. The molecule has 0 bridgehead atoms. The summed E-state index contributed by atoms with van der Waals surface area (Å²) in [5.74, 6) is -1.47. The van der Waals surface area contributed by atoms with E-state index in [1.165, 1.54) is 17.2 Å². The van der Waals surface area contributed by atoms with Gasteiger partial charge in [0, 0.05) is 21.1 Å². The summed E-state index contributed by atoms with van der Waals surface area (Å²) in [6.45, 7) is 0. The van der Waals surface area contributed by atoms with Gasteiger partial charge in [-0.15, -0.1) is 0 Å². The number of hydrogen-bond donors (Lipinski definition) is 1. The molecule has 0 aromatic heterocycles. The molecular formula is C25H16BrClN2O4. The van der Waals surface area contributed by atoms with E-state index in [-0.39, 0.29) is 11.3 Å². The highest BCUT2D eigenvalue weighted by Gasteiger charge is 2.34. The molecule has 1 N–H and O–H groups in total. The van der Waals surface area contributed by atoms with Gasteiger partial charge in [0.05, 0.1) is 5.69 Å². The number of nitrogens with one attached hydrogen (secondary N) is 1. The van der Waals surface area contributed by atoms with Crippen LogP contribution in [0.15, 0.2) is 88.9 Å². The number of benzene rings is 3. The third-order valence-electron chi connectivity index (χ3n) is 4.67. The Kier molecular flexibility index (Phi) is 6.72. The summed E-state index contributed by atoms with van der Waals surface area (Å²) in [6, 6.07) is 20.7. The van der Waals surface area contributed by atoms with Crippen molar-refractivity contribution in [3.05, 3.63) is 105 Å². The van der Waals surface area contributed by atoms with E-state index >= 15 is 0 Å². The van der Waals surface area contributed by atoms with Crippen molar-refractivity contribution in [2.75, 3.05) is 5.01 Å². The van der Waals surface area contributed by atoms with Crippen LogP contribution in [0.25, 0.3) is 12.2 Å². The van der Waals surface area contributed by atoms with E-state index in [4.69, 9.17) is 16.3 Å². The average molecular weight is 524 g/mol. The van der Waals surface area contributed by atoms with Gasteiger partial charge < -0.3 is 4.74 Å². The molecule has 8 heteroatoms. The summed E-state index contributed by atoms with van der Waals surface area (Å²) in [5, 5.41) is 1.77. The molecule has 0 unspecified atom stereocenters. The Balaban J connectivity index is 1.57. The predicted octanol–water partition coefficient (Wildman–Crippen LogP) is 5.18. The van der Waals surface area contributed by atoms with Crippen molar-refractivity contribution in [2.24, 2.45) is 0 Å². The summed E-state index contributed by atoms with van der Waals surface area (Å²) >= 11 is 9.23. The zero-order valence-corrected chi connectivity index (χ0v) is 19.3. The number of esters is 1. The van der Waals surface area contributed by atoms with Gasteiger partial charge in [-0.1, -0.05) is 57.9 Å². The van der Waals surface area contributed by atoms with Gasteiger partial charge >= 0.3 is 5.97 Å². The van der Waals surface area contributed by atoms with E-state index in [1.54, 1.807) is 72.8 Å². The third-order valence-corrected chi connectivity index (χ3v) is 5.42. The summed E-state index contributed by atoms with van der Waals surface area (Å²) in [7, 11) is 0. The van der Waals surface area contributed by atoms with Crippen molar-refractivity contribution in [3.63, 3.8) is 0 Å². The number of anilines is 1. The number of carbonyl (C=O) groups is 3. The van der Waals surface area contributed by atoms with Crippen LogP contribution in [0.4, 0.5) is 5.69 Å². The zero-order chi connectivity index (χ0) is 23.4. The number of amides is 2. The van der Waals surface area contributed by atoms with E-state index in [2.05, 4.69) is 21.4 Å². The molecule has 1 saturated heterocycles. The number of carbonyl (C=O) groups excluding carboxylic acids is 3. The second kappa shape index (κ2) is 9.85. The van der Waals surface area contributed by atoms with Crippen molar-refractivity contribution in [2.45, 2.75) is 0 Å². The van der Waals surface area contributed by atoms with Crippen LogP contribution in [0.3, 0.4) is 0 Å². The highest BCUT2D eigenvalue weighted by molar-refractivity contribution is 9.10. The second-order valence-electron chi connectivity index (χ2n) is 6.96. The van der Waals surface area contributed by atoms with Crippen molar-refractivity contribution >= 4 is 63.2 Å². The maximum absolute atomic E-state index is 12.9. The number of hydrogen-bond acceptors (Lipinski definition) is 4. The normalized spacial score (nSPS) is 14.7. The largest absolute Gasteiger partial charge is 0.423 e. The highest BCUT2D eigenvalue weighted by atomic mass is 79.9. The number of para-hydroxylation sites is 1. The molecule has 0 saturated carbocycles. The molecule has 4 rings (SSSR count). The Morgan fingerprint density at radius 1 is 1.00 bits per heavy atom. The fourth-order valence-corrected chi connectivity index (χ4v) is 3.58. The predicted molar refractivity (Wildman–Crippen MR) is 130 cm³/mol. The topological polar surface area (TPSA) is 75.7 Å². The van der Waals surface area contributed by atoms with Crippen LogP contribution < -0.4 is 15.2 Å². The lowest BCUT2D eigenvalue weighted by Crippen LogP contribution is -2.35. The maximum atomic E-state index is 12.9. The molecule has 33 heavy (non-hydrogen) atoms. The number of halogens is 2. The molecule has 0 aliphatic carbocycles. The molecule has 0 spiro atoms. The lowest BCUT2D eigenvalue weighted by Gasteiger charge is -2.13. The molecule has 1 aliphatic rings. The molecule has 164 valence electrons. The second-order valence-corrected chi connectivity index (χ2v) is 8.32. The van der Waals surface area contributed by atoms with Crippen LogP contribution >= 0.6 is 27.5 Å². The number of nitrogens with zero attached hydrogens (tertiary/aromatic N) is 1. The monoisotopic (exact) mass is 522 g/mol. The van der Waals surface area contributed by atoms with Crippen LogP contribution in [-0.2, 0) is 14.4 Å². The molecule has 2 amide bonds. The summed E-state index contributed by atoms with van der Waals surface area (Å²) in [4.78, 5) is 37.7. The Bertz CT molecular complexity index is 1290. The van der Waals surface area contributed by atoms with Crippen LogP contribution in [0, 0.1) is 0 Å². The zero-order valence-electron chi connectivity index (χ0n) is 17.0. The summed E-state index contributed by atoms with van der Waals surface area (Å²) in [6.07, 6.45) is 4.28. The number of ether oxygens (including phenoxy) is 1. The fourth-order valence-electron chi connectivity index (χ4n) is 3.08. The lowest BCUT2D eigenvalue weighted by molar-refractivity contribution is -0.129. The SMILES string of the molecule is O=C(/C=C/c1ccc(Cl)cc1)Oc1ccc(Br)cc1/C=C1\C(=O)NN(c2ccccc2)C1=O. The van der Waals surface area contributed by atoms with E-state index in [0.29, 0.717) is 20.7 Å². The van der Waals surface area contributed by atoms with Crippen LogP contribution in [0.2, 0.25) is 5.02 Å². The summed E-state index contributed by atoms with van der Waals surface area (Å²) in [5.41, 5.74) is 4.18. The fraction of sp³-hybridized carbons (Fsp3) is 0. The van der Waals surface area contributed by atoms with Gasteiger partial charge in [-0.25, -0.2) is 9.80 Å². The molecule has 1 fully saturated rings. The van der Waals surface area contributed by atoms with Gasteiger partial charge in [0.15, 0.2) is 0 Å². The molecule has 1 aliphatic heterocycles. The molecular weight excluding hydrogens is 508 g/mol. The van der Waals surface area contributed by atoms with Crippen molar-refractivity contribution in [1.29, 1.82) is 0 Å². The van der Waals surface area contributed by atoms with Gasteiger partial charge in [0.2, 0.25) is 0 Å². The third kappa shape index (κ3) is 5.39. The van der Waals surface area contributed by atoms with Gasteiger partial charge in [0.25, 0.3) is 11.8 Å². The van der Waals surface area contributed by atoms with Crippen molar-refractivity contribution < 1.29 is 19.1 Å². The van der Waals surface area contributed by atoms with Gasteiger partial charge in [0.1, 0.15) is 11.3 Å². The number of hydrazine groups is 1. The highest BCUT2D eigenvalue weighted by Crippen LogP contribution is 2.28. The van der Waals surface area contributed by atoms with E-state index in [9.17, 15) is 14.4 Å². The quantitative estimate of drug-likeness (QED) is 0.216. The van der Waals surface area contributed by atoms with Crippen LogP contribution in [0.5, 0.6) is 5.75 Å². The molecule has 0 radical (unpaired) electrons. The first-order valence-corrected chi connectivity index (χ1v) is 10.9. The Morgan fingerprint density at radius 2 is 1.73 bits per heavy atom. The Morgan fingerprint density at radius 3 is 2.45 bits per heavy atom. The maximum Gasteiger partial charge on any atom is 0.336 e. The first kappa shape index (κ1) is 22.5. The van der Waals surface area contributed by atoms with Crippen molar-refractivity contribution in [3.8, 4) is 5.75 Å². The smallest absolute Gasteiger partial charge is 0.336 e. The average Bonchev–Trinajstić information content (AvgIpc) is 3.09. The first-order chi connectivity index (χ1) is 15.9. The summed E-state index contributed by atoms with van der Waals surface area (Å²) < 4.78 is 6.16. The van der Waals surface area contributed by atoms with E-state index in [1.807, 2.05) is 6.07 Å². The van der Waals surface area contributed by atoms with Crippen LogP contribution in [-0.4, -0.2) is 17.8 Å². The first-order valence-electron chi connectivity index (χ1n) is 9.78. The van der Waals surface area contributed by atoms with Crippen molar-refractivity contribution in [1.82, 2.24) is 5.43 Å². The molecule has 3 aromatic rings. The Hall–Kier alpha value is -3.68. The van der Waals surface area contributed by atoms with E-state index < -0.39 is 17.8 Å². The standard InChI is InChI=1S/C25H16BrClN2O4/c26-18-9-12-22(33-23(30)13-8-16-6-10-19(27)11-7-16)17(14-18)15-21-24(31)28-29(25(21)32)20-4-2-1-3-5-20/h1-15H,(H,28,31)/b13-8+,21-15+. The van der Waals surface area contributed by atoms with Crippen LogP contribution in [0.1, 0.15) is 11.1 Å². The number of rotatable bonds is 5. The Labute approximate surface area is 203 Å². The minimum absolute atomic E-state index is 0.0778. The molecule has 3 aromatic carbocycles. The molecule has 0 atom stereocenters. The van der Waals surface area contributed by atoms with Gasteiger partial charge in [-0.05, 0) is 60.2 Å². The van der Waals surface area contributed by atoms with E-state index in [0.717, 1.165) is 5.56 Å². The molecule has 6 nitrogen and oxygen atoms in total. The minimum Gasteiger partial charge on any atom is -0.423 e. The minimum atomic E-state index is -0.611. The van der Waals surface area contributed by atoms with Gasteiger partial charge in [-0.2, -0.15) is 0 Å².